The van der Waals surface area contributed by atoms with Gasteiger partial charge in [0.2, 0.25) is 5.88 Å². The summed E-state index contributed by atoms with van der Waals surface area (Å²) in [6, 6.07) is 9.07. The first kappa shape index (κ1) is 18.4. The number of para-hydroxylation sites is 1. The summed E-state index contributed by atoms with van der Waals surface area (Å²) in [5, 5.41) is 0. The van der Waals surface area contributed by atoms with Crippen molar-refractivity contribution in [2.45, 2.75) is 6.42 Å². The molecule has 0 atom stereocenters. The summed E-state index contributed by atoms with van der Waals surface area (Å²) in [7, 11) is 4.65. The molecule has 1 aliphatic rings. The van der Waals surface area contributed by atoms with Gasteiger partial charge in [-0.3, -0.25) is 4.79 Å². The molecule has 0 saturated carbocycles. The van der Waals surface area contributed by atoms with E-state index in [1.165, 1.54) is 7.11 Å². The second-order valence-corrected chi connectivity index (χ2v) is 7.03. The zero-order valence-electron chi connectivity index (χ0n) is 15.5. The first-order valence-electron chi connectivity index (χ1n) is 8.44. The zero-order chi connectivity index (χ0) is 19.8. The van der Waals surface area contributed by atoms with E-state index in [9.17, 15) is 4.79 Å². The van der Waals surface area contributed by atoms with E-state index in [4.69, 9.17) is 18.9 Å². The van der Waals surface area contributed by atoms with E-state index in [1.54, 1.807) is 32.4 Å². The summed E-state index contributed by atoms with van der Waals surface area (Å²) in [5.41, 5.74) is 1.63. The molecule has 0 unspecified atom stereocenters. The van der Waals surface area contributed by atoms with E-state index in [0.717, 1.165) is 10.0 Å². The number of ether oxygens (including phenoxy) is 4. The van der Waals surface area contributed by atoms with Gasteiger partial charge in [0.1, 0.15) is 5.82 Å². The van der Waals surface area contributed by atoms with E-state index in [1.807, 2.05) is 12.1 Å². The highest BCUT2D eigenvalue weighted by Crippen LogP contribution is 2.43. The van der Waals surface area contributed by atoms with Crippen molar-refractivity contribution in [2.75, 3.05) is 21.3 Å². The van der Waals surface area contributed by atoms with E-state index < -0.39 is 0 Å². The molecule has 1 N–H and O–H groups in total. The number of nitrogens with one attached hydrogen (secondary N) is 1. The Morgan fingerprint density at radius 1 is 1.11 bits per heavy atom. The molecule has 0 aliphatic carbocycles. The van der Waals surface area contributed by atoms with Gasteiger partial charge in [0.05, 0.1) is 32.5 Å². The van der Waals surface area contributed by atoms with Crippen LogP contribution in [0.25, 0.3) is 11.4 Å². The van der Waals surface area contributed by atoms with Crippen LogP contribution in [0.2, 0.25) is 0 Å². The Kier molecular flexibility index (Phi) is 4.72. The molecule has 3 aromatic rings. The molecule has 0 radical (unpaired) electrons. The number of aromatic amines is 1. The third kappa shape index (κ3) is 2.99. The maximum atomic E-state index is 12.8. The highest BCUT2D eigenvalue weighted by atomic mass is 79.9. The van der Waals surface area contributed by atoms with Gasteiger partial charge in [0.15, 0.2) is 23.0 Å². The molecule has 4 rings (SSSR count). The molecule has 7 nitrogen and oxygen atoms in total. The van der Waals surface area contributed by atoms with Crippen LogP contribution in [0.3, 0.4) is 0 Å². The van der Waals surface area contributed by atoms with Gasteiger partial charge in [-0.2, -0.15) is 4.98 Å². The summed E-state index contributed by atoms with van der Waals surface area (Å²) >= 11 is 3.45. The lowest BCUT2D eigenvalue weighted by atomic mass is 10.0. The van der Waals surface area contributed by atoms with Crippen LogP contribution in [0.4, 0.5) is 0 Å². The number of halogens is 1. The van der Waals surface area contributed by atoms with E-state index in [0.29, 0.717) is 46.4 Å². The minimum absolute atomic E-state index is 0.247. The SMILES string of the molecule is COc1cc(Br)cc2c1Oc1nc(-c3cccc(OC)c3OC)[nH]c(=O)c1C2. The van der Waals surface area contributed by atoms with Gasteiger partial charge >= 0.3 is 0 Å². The number of benzene rings is 2. The highest BCUT2D eigenvalue weighted by molar-refractivity contribution is 9.10. The van der Waals surface area contributed by atoms with Crippen molar-refractivity contribution < 1.29 is 18.9 Å². The van der Waals surface area contributed by atoms with Crippen molar-refractivity contribution in [2.24, 2.45) is 0 Å². The fourth-order valence-electron chi connectivity index (χ4n) is 3.23. The molecule has 0 saturated heterocycles. The minimum Gasteiger partial charge on any atom is -0.493 e. The molecule has 1 aromatic heterocycles. The maximum absolute atomic E-state index is 12.8. The van der Waals surface area contributed by atoms with E-state index in [2.05, 4.69) is 25.9 Å². The summed E-state index contributed by atoms with van der Waals surface area (Å²) in [5.74, 6) is 2.72. The van der Waals surface area contributed by atoms with Gasteiger partial charge in [-0.15, -0.1) is 0 Å². The lowest BCUT2D eigenvalue weighted by molar-refractivity contribution is 0.355. The van der Waals surface area contributed by atoms with Gasteiger partial charge in [-0.05, 0) is 24.3 Å². The van der Waals surface area contributed by atoms with Crippen LogP contribution in [0.1, 0.15) is 11.1 Å². The summed E-state index contributed by atoms with van der Waals surface area (Å²) in [4.78, 5) is 20.1. The predicted molar refractivity (Wildman–Crippen MR) is 107 cm³/mol. The molecule has 144 valence electrons. The molecule has 0 amide bonds. The van der Waals surface area contributed by atoms with Crippen LogP contribution in [0.5, 0.6) is 28.9 Å². The fraction of sp³-hybridized carbons (Fsp3) is 0.200. The van der Waals surface area contributed by atoms with Gasteiger partial charge in [0, 0.05) is 16.5 Å². The number of nitrogens with zero attached hydrogens (tertiary/aromatic N) is 1. The highest BCUT2D eigenvalue weighted by Gasteiger charge is 2.26. The van der Waals surface area contributed by atoms with Crippen molar-refractivity contribution in [3.8, 4) is 40.3 Å². The Labute approximate surface area is 169 Å². The van der Waals surface area contributed by atoms with E-state index in [-0.39, 0.29) is 11.4 Å². The lowest BCUT2D eigenvalue weighted by Crippen LogP contribution is -2.20. The summed E-state index contributed by atoms with van der Waals surface area (Å²) in [6.45, 7) is 0. The fourth-order valence-corrected chi connectivity index (χ4v) is 3.71. The normalized spacial score (nSPS) is 11.9. The maximum Gasteiger partial charge on any atom is 0.258 e. The van der Waals surface area contributed by atoms with Gasteiger partial charge in [-0.25, -0.2) is 0 Å². The third-order valence-electron chi connectivity index (χ3n) is 4.52. The van der Waals surface area contributed by atoms with Crippen molar-refractivity contribution in [3.63, 3.8) is 0 Å². The molecule has 2 heterocycles. The van der Waals surface area contributed by atoms with Crippen LogP contribution in [0.15, 0.2) is 39.6 Å². The monoisotopic (exact) mass is 444 g/mol. The Bertz CT molecular complexity index is 1130. The van der Waals surface area contributed by atoms with Crippen molar-refractivity contribution >= 4 is 15.9 Å². The Morgan fingerprint density at radius 3 is 2.61 bits per heavy atom. The van der Waals surface area contributed by atoms with Crippen molar-refractivity contribution in [1.82, 2.24) is 9.97 Å². The van der Waals surface area contributed by atoms with Crippen LogP contribution in [0, 0.1) is 0 Å². The van der Waals surface area contributed by atoms with Gasteiger partial charge < -0.3 is 23.9 Å². The second kappa shape index (κ2) is 7.20. The minimum atomic E-state index is -0.269. The smallest absolute Gasteiger partial charge is 0.258 e. The predicted octanol–water partition coefficient (Wildman–Crippen LogP) is 3.92. The number of aromatic nitrogens is 2. The average Bonchev–Trinajstić information content (AvgIpc) is 2.71. The average molecular weight is 445 g/mol. The molecule has 8 heteroatoms. The third-order valence-corrected chi connectivity index (χ3v) is 4.98. The molecular formula is C20H17BrN2O5. The van der Waals surface area contributed by atoms with E-state index >= 15 is 0 Å². The number of H-pyrrole nitrogens is 1. The van der Waals surface area contributed by atoms with Gasteiger partial charge in [0.25, 0.3) is 5.56 Å². The number of rotatable bonds is 4. The summed E-state index contributed by atoms with van der Waals surface area (Å²) in [6.07, 6.45) is 0.387. The number of hydrogen-bond donors (Lipinski definition) is 1. The van der Waals surface area contributed by atoms with Crippen LogP contribution in [-0.4, -0.2) is 31.3 Å². The first-order valence-corrected chi connectivity index (χ1v) is 9.23. The van der Waals surface area contributed by atoms with Crippen molar-refractivity contribution in [3.05, 3.63) is 56.3 Å². The van der Waals surface area contributed by atoms with Crippen LogP contribution in [-0.2, 0) is 6.42 Å². The second-order valence-electron chi connectivity index (χ2n) is 6.11. The number of hydrogen-bond acceptors (Lipinski definition) is 6. The Balaban J connectivity index is 1.86. The molecule has 0 bridgehead atoms. The Morgan fingerprint density at radius 2 is 1.89 bits per heavy atom. The molecule has 0 fully saturated rings. The largest absolute Gasteiger partial charge is 0.493 e. The first-order chi connectivity index (χ1) is 13.5. The number of fused-ring (bicyclic) bond motifs is 2. The topological polar surface area (TPSA) is 82.7 Å². The standard InChI is InChI=1S/C20H17BrN2O5/c1-25-14-6-4-5-12(17(14)27-3)18-22-19(24)13-8-10-7-11(21)9-15(26-2)16(10)28-20(13)23-18/h4-7,9H,8H2,1-3H3,(H,22,23,24). The molecule has 1 aliphatic heterocycles. The molecule has 28 heavy (non-hydrogen) atoms. The molecular weight excluding hydrogens is 428 g/mol. The summed E-state index contributed by atoms with van der Waals surface area (Å²) < 4.78 is 23.0. The van der Waals surface area contributed by atoms with Crippen LogP contribution < -0.4 is 24.5 Å². The van der Waals surface area contributed by atoms with Crippen LogP contribution >= 0.6 is 15.9 Å². The lowest BCUT2D eigenvalue weighted by Gasteiger charge is -2.21. The molecule has 0 spiro atoms. The van der Waals surface area contributed by atoms with Gasteiger partial charge in [-0.1, -0.05) is 22.0 Å². The Hall–Kier alpha value is -3.00. The molecule has 2 aromatic carbocycles. The number of methoxy groups -OCH3 is 3. The quantitative estimate of drug-likeness (QED) is 0.513. The van der Waals surface area contributed by atoms with Crippen molar-refractivity contribution in [1.29, 1.82) is 0 Å². The zero-order valence-corrected chi connectivity index (χ0v) is 17.0.